The minimum atomic E-state index is -0.460. The molecule has 1 aliphatic heterocycles. The second-order valence-electron chi connectivity index (χ2n) is 6.56. The zero-order valence-electron chi connectivity index (χ0n) is 13.2. The van der Waals surface area contributed by atoms with Crippen LogP contribution in [0.4, 0.5) is 10.6 Å². The third-order valence-electron chi connectivity index (χ3n) is 3.14. The lowest BCUT2D eigenvalue weighted by Crippen LogP contribution is -2.52. The fourth-order valence-electron chi connectivity index (χ4n) is 2.10. The van der Waals surface area contributed by atoms with Crippen LogP contribution in [0.15, 0.2) is 12.3 Å². The van der Waals surface area contributed by atoms with Gasteiger partial charge in [0.1, 0.15) is 11.4 Å². The predicted molar refractivity (Wildman–Crippen MR) is 81.2 cm³/mol. The molecule has 7 nitrogen and oxygen atoms in total. The van der Waals surface area contributed by atoms with Crippen molar-refractivity contribution in [1.29, 1.82) is 0 Å². The first kappa shape index (κ1) is 15.6. The highest BCUT2D eigenvalue weighted by Crippen LogP contribution is 2.25. The van der Waals surface area contributed by atoms with Crippen LogP contribution in [-0.2, 0) is 4.74 Å². The number of ether oxygens (including phenoxy) is 1. The highest BCUT2D eigenvalue weighted by Gasteiger charge is 2.35. The quantitative estimate of drug-likeness (QED) is 0.877. The number of nitrogens with zero attached hydrogens (tertiary/aromatic N) is 3. The topological polar surface area (TPSA) is 85.4 Å². The van der Waals surface area contributed by atoms with Crippen LogP contribution in [0.2, 0.25) is 0 Å². The van der Waals surface area contributed by atoms with Gasteiger partial charge in [0.05, 0.1) is 12.2 Å². The molecule has 1 aromatic heterocycles. The Kier molecular flexibility index (Phi) is 4.41. The molecular weight excluding hydrogens is 270 g/mol. The molecule has 1 amide bonds. The Morgan fingerprint density at radius 3 is 2.81 bits per heavy atom. The van der Waals surface area contributed by atoms with Gasteiger partial charge in [0, 0.05) is 31.7 Å². The van der Waals surface area contributed by atoms with Crippen LogP contribution in [0.5, 0.6) is 0 Å². The van der Waals surface area contributed by atoms with Crippen molar-refractivity contribution < 1.29 is 9.53 Å². The molecule has 1 saturated heterocycles. The first-order chi connectivity index (χ1) is 9.76. The fourth-order valence-corrected chi connectivity index (χ4v) is 2.10. The average molecular weight is 295 g/mol. The number of anilines is 1. The predicted octanol–water partition coefficient (Wildman–Crippen LogP) is 1.43. The van der Waals surface area contributed by atoms with Gasteiger partial charge in [0.2, 0.25) is 0 Å². The number of rotatable bonds is 4. The van der Waals surface area contributed by atoms with Crippen LogP contribution in [0, 0.1) is 0 Å². The lowest BCUT2D eigenvalue weighted by atomic mass is 10.1. The summed E-state index contributed by atoms with van der Waals surface area (Å²) in [6, 6.07) is 2.18. The number of nitrogens with one attached hydrogen (secondary N) is 1. The van der Waals surface area contributed by atoms with Crippen LogP contribution in [0.25, 0.3) is 0 Å². The molecule has 0 aliphatic carbocycles. The van der Waals surface area contributed by atoms with Crippen molar-refractivity contribution in [2.75, 3.05) is 25.0 Å². The Balaban J connectivity index is 1.87. The molecule has 0 radical (unpaired) electrons. The normalized spacial score (nSPS) is 17.3. The molecule has 7 heteroatoms. The number of hydrogen-bond donors (Lipinski definition) is 2. The summed E-state index contributed by atoms with van der Waals surface area (Å²) in [7, 11) is 0. The van der Waals surface area contributed by atoms with Crippen LogP contribution < -0.4 is 11.1 Å². The highest BCUT2D eigenvalue weighted by atomic mass is 16.6. The lowest BCUT2D eigenvalue weighted by molar-refractivity contribution is -0.000135. The number of hydrogen-bond acceptors (Lipinski definition) is 5. The lowest BCUT2D eigenvalue weighted by Gasteiger charge is -2.40. The van der Waals surface area contributed by atoms with Crippen molar-refractivity contribution >= 4 is 11.9 Å². The third kappa shape index (κ3) is 4.10. The smallest absolute Gasteiger partial charge is 0.410 e. The minimum absolute atomic E-state index is 0.0769. The van der Waals surface area contributed by atoms with Gasteiger partial charge in [-0.2, -0.15) is 5.10 Å². The molecule has 0 bridgehead atoms. The van der Waals surface area contributed by atoms with E-state index in [0.29, 0.717) is 19.6 Å². The number of carbonyl (C=O) groups is 1. The molecule has 0 unspecified atom stereocenters. The van der Waals surface area contributed by atoms with E-state index in [0.717, 1.165) is 5.82 Å². The maximum atomic E-state index is 11.9. The molecule has 0 aromatic carbocycles. The van der Waals surface area contributed by atoms with Gasteiger partial charge in [0.15, 0.2) is 0 Å². The summed E-state index contributed by atoms with van der Waals surface area (Å²) in [5.41, 5.74) is 5.28. The van der Waals surface area contributed by atoms with E-state index < -0.39 is 5.60 Å². The standard InChI is InChI=1S/C14H25N5O2/c1-10(15)7-16-12-5-6-17-19(12)11-8-18(9-11)13(20)21-14(2,3)4/h5-6,10-11,16H,7-9,15H2,1-4H3/t10-/m0/s1. The molecule has 2 heterocycles. The largest absolute Gasteiger partial charge is 0.444 e. The Morgan fingerprint density at radius 2 is 2.24 bits per heavy atom. The summed E-state index contributed by atoms with van der Waals surface area (Å²) < 4.78 is 7.25. The fraction of sp³-hybridized carbons (Fsp3) is 0.714. The Labute approximate surface area is 125 Å². The number of nitrogens with two attached hydrogens (primary N) is 1. The van der Waals surface area contributed by atoms with E-state index in [9.17, 15) is 4.79 Å². The van der Waals surface area contributed by atoms with Gasteiger partial charge in [-0.15, -0.1) is 0 Å². The Hall–Kier alpha value is -1.76. The molecule has 1 aromatic rings. The maximum absolute atomic E-state index is 11.9. The first-order valence-corrected chi connectivity index (χ1v) is 7.27. The number of likely N-dealkylation sites (tertiary alicyclic amines) is 1. The number of amides is 1. The van der Waals surface area contributed by atoms with Crippen molar-refractivity contribution in [2.24, 2.45) is 5.73 Å². The molecule has 2 rings (SSSR count). The summed E-state index contributed by atoms with van der Waals surface area (Å²) in [6.07, 6.45) is 1.48. The van der Waals surface area contributed by atoms with Crippen molar-refractivity contribution in [1.82, 2.24) is 14.7 Å². The van der Waals surface area contributed by atoms with Crippen molar-refractivity contribution in [2.45, 2.75) is 45.4 Å². The summed E-state index contributed by atoms with van der Waals surface area (Å²) in [5.74, 6) is 0.932. The SMILES string of the molecule is C[C@H](N)CNc1ccnn1C1CN(C(=O)OC(C)(C)C)C1. The molecule has 1 fully saturated rings. The summed E-state index contributed by atoms with van der Waals surface area (Å²) in [6.45, 7) is 9.46. The van der Waals surface area contributed by atoms with Gasteiger partial charge in [-0.3, -0.25) is 0 Å². The van der Waals surface area contributed by atoms with Crippen molar-refractivity contribution in [3.63, 3.8) is 0 Å². The van der Waals surface area contributed by atoms with Crippen LogP contribution in [0.1, 0.15) is 33.7 Å². The van der Waals surface area contributed by atoms with Gasteiger partial charge < -0.3 is 20.7 Å². The molecule has 3 N–H and O–H groups in total. The maximum Gasteiger partial charge on any atom is 0.410 e. The first-order valence-electron chi connectivity index (χ1n) is 7.27. The average Bonchev–Trinajstić information content (AvgIpc) is 2.69. The molecule has 1 aliphatic rings. The monoisotopic (exact) mass is 295 g/mol. The van der Waals surface area contributed by atoms with E-state index in [1.54, 1.807) is 11.1 Å². The van der Waals surface area contributed by atoms with E-state index in [2.05, 4.69) is 10.4 Å². The van der Waals surface area contributed by atoms with Gasteiger partial charge in [-0.25, -0.2) is 9.48 Å². The second kappa shape index (κ2) is 5.93. The van der Waals surface area contributed by atoms with E-state index in [4.69, 9.17) is 10.5 Å². The highest BCUT2D eigenvalue weighted by molar-refractivity contribution is 5.69. The summed E-state index contributed by atoms with van der Waals surface area (Å²) >= 11 is 0. The number of carbonyl (C=O) groups excluding carboxylic acids is 1. The zero-order chi connectivity index (χ0) is 15.6. The van der Waals surface area contributed by atoms with Crippen LogP contribution >= 0.6 is 0 Å². The van der Waals surface area contributed by atoms with Crippen LogP contribution in [0.3, 0.4) is 0 Å². The van der Waals surface area contributed by atoms with Gasteiger partial charge >= 0.3 is 6.09 Å². The van der Waals surface area contributed by atoms with E-state index >= 15 is 0 Å². The zero-order valence-corrected chi connectivity index (χ0v) is 13.2. The Bertz CT molecular complexity index is 486. The van der Waals surface area contributed by atoms with Crippen LogP contribution in [-0.4, -0.2) is 52.1 Å². The molecule has 0 spiro atoms. The van der Waals surface area contributed by atoms with Crippen molar-refractivity contribution in [3.8, 4) is 0 Å². The molecule has 118 valence electrons. The van der Waals surface area contributed by atoms with Gasteiger partial charge in [0.25, 0.3) is 0 Å². The summed E-state index contributed by atoms with van der Waals surface area (Å²) in [5, 5.41) is 7.58. The third-order valence-corrected chi connectivity index (χ3v) is 3.14. The molecule has 21 heavy (non-hydrogen) atoms. The van der Waals surface area contributed by atoms with E-state index in [-0.39, 0.29) is 18.2 Å². The van der Waals surface area contributed by atoms with Gasteiger partial charge in [-0.05, 0) is 27.7 Å². The van der Waals surface area contributed by atoms with E-state index in [1.165, 1.54) is 0 Å². The molecular formula is C14H25N5O2. The molecule has 0 saturated carbocycles. The van der Waals surface area contributed by atoms with E-state index in [1.807, 2.05) is 38.4 Å². The Morgan fingerprint density at radius 1 is 1.57 bits per heavy atom. The summed E-state index contributed by atoms with van der Waals surface area (Å²) in [4.78, 5) is 13.6. The number of aromatic nitrogens is 2. The second-order valence-corrected chi connectivity index (χ2v) is 6.56. The van der Waals surface area contributed by atoms with Crippen molar-refractivity contribution in [3.05, 3.63) is 12.3 Å². The minimum Gasteiger partial charge on any atom is -0.444 e. The molecule has 1 atom stereocenters. The van der Waals surface area contributed by atoms with Gasteiger partial charge in [-0.1, -0.05) is 0 Å².